The summed E-state index contributed by atoms with van der Waals surface area (Å²) >= 11 is 0. The minimum Gasteiger partial charge on any atom is -0.370 e. The molecule has 0 aliphatic rings. The molecule has 0 spiro atoms. The van der Waals surface area contributed by atoms with Crippen molar-refractivity contribution in [3.8, 4) is 11.4 Å². The smallest absolute Gasteiger partial charge is 0.231 e. The van der Waals surface area contributed by atoms with Crippen molar-refractivity contribution in [1.82, 2.24) is 15.5 Å². The van der Waals surface area contributed by atoms with Gasteiger partial charge in [-0.05, 0) is 5.92 Å². The third-order valence-corrected chi connectivity index (χ3v) is 3.11. The topological polar surface area (TPSA) is 89.3 Å². The first-order valence-electron chi connectivity index (χ1n) is 7.49. The van der Waals surface area contributed by atoms with Crippen LogP contribution in [0.1, 0.15) is 32.6 Å². The van der Waals surface area contributed by atoms with Crippen molar-refractivity contribution in [1.29, 1.82) is 0 Å². The summed E-state index contributed by atoms with van der Waals surface area (Å²) in [6.07, 6.45) is 0. The number of nitrogens with two attached hydrogens (primary N) is 1. The highest BCUT2D eigenvalue weighted by atomic mass is 16.5. The molecule has 22 heavy (non-hydrogen) atoms. The largest absolute Gasteiger partial charge is 0.370 e. The number of guanidine groups is 1. The zero-order valence-corrected chi connectivity index (χ0v) is 13.3. The van der Waals surface area contributed by atoms with Gasteiger partial charge in [0, 0.05) is 18.7 Å². The molecule has 6 nitrogen and oxygen atoms in total. The number of nitrogens with one attached hydrogen (secondary N) is 1. The molecule has 0 aliphatic heterocycles. The van der Waals surface area contributed by atoms with Crippen LogP contribution in [0.3, 0.4) is 0 Å². The third-order valence-electron chi connectivity index (χ3n) is 3.11. The lowest BCUT2D eigenvalue weighted by Crippen LogP contribution is -2.34. The number of nitrogens with zero attached hydrogens (tertiary/aromatic N) is 3. The van der Waals surface area contributed by atoms with Crippen LogP contribution in [0.4, 0.5) is 0 Å². The van der Waals surface area contributed by atoms with Crippen molar-refractivity contribution < 1.29 is 4.52 Å². The van der Waals surface area contributed by atoms with Crippen LogP contribution in [-0.2, 0) is 0 Å². The zero-order valence-electron chi connectivity index (χ0n) is 13.3. The Balaban J connectivity index is 1.92. The van der Waals surface area contributed by atoms with Gasteiger partial charge in [0.05, 0.1) is 5.92 Å². The Morgan fingerprint density at radius 3 is 2.68 bits per heavy atom. The van der Waals surface area contributed by atoms with E-state index in [2.05, 4.69) is 34.3 Å². The van der Waals surface area contributed by atoms with E-state index >= 15 is 0 Å². The molecule has 6 heteroatoms. The van der Waals surface area contributed by atoms with Gasteiger partial charge in [-0.2, -0.15) is 4.98 Å². The van der Waals surface area contributed by atoms with Crippen molar-refractivity contribution in [3.05, 3.63) is 36.2 Å². The first kappa shape index (κ1) is 16.0. The van der Waals surface area contributed by atoms with Crippen molar-refractivity contribution in [2.75, 3.05) is 13.1 Å². The highest BCUT2D eigenvalue weighted by Crippen LogP contribution is 2.18. The lowest BCUT2D eigenvalue weighted by Gasteiger charge is -2.09. The first-order valence-corrected chi connectivity index (χ1v) is 7.49. The van der Waals surface area contributed by atoms with Gasteiger partial charge < -0.3 is 15.6 Å². The fourth-order valence-electron chi connectivity index (χ4n) is 1.82. The number of rotatable bonds is 6. The van der Waals surface area contributed by atoms with E-state index in [1.54, 1.807) is 0 Å². The number of aliphatic imine (C=N–C) groups is 1. The van der Waals surface area contributed by atoms with Gasteiger partial charge in [-0.1, -0.05) is 56.3 Å². The molecule has 118 valence electrons. The van der Waals surface area contributed by atoms with Crippen LogP contribution in [0.2, 0.25) is 0 Å². The summed E-state index contributed by atoms with van der Waals surface area (Å²) in [5.41, 5.74) is 6.76. The summed E-state index contributed by atoms with van der Waals surface area (Å²) in [5, 5.41) is 7.10. The molecule has 0 amide bonds. The first-order chi connectivity index (χ1) is 10.6. The molecule has 0 fully saturated rings. The van der Waals surface area contributed by atoms with Crippen LogP contribution in [-0.4, -0.2) is 29.2 Å². The van der Waals surface area contributed by atoms with Crippen molar-refractivity contribution >= 4 is 5.96 Å². The maximum Gasteiger partial charge on any atom is 0.231 e. The Hall–Kier alpha value is -2.37. The average molecular weight is 301 g/mol. The molecule has 1 unspecified atom stereocenters. The lowest BCUT2D eigenvalue weighted by molar-refractivity contribution is 0.359. The average Bonchev–Trinajstić information content (AvgIpc) is 3.01. The van der Waals surface area contributed by atoms with Crippen LogP contribution >= 0.6 is 0 Å². The van der Waals surface area contributed by atoms with E-state index in [0.717, 1.165) is 5.56 Å². The number of benzene rings is 1. The van der Waals surface area contributed by atoms with Crippen LogP contribution in [0, 0.1) is 5.92 Å². The van der Waals surface area contributed by atoms with E-state index in [-0.39, 0.29) is 5.92 Å². The molecule has 1 heterocycles. The van der Waals surface area contributed by atoms with Gasteiger partial charge in [0.15, 0.2) is 5.96 Å². The quantitative estimate of drug-likeness (QED) is 0.631. The van der Waals surface area contributed by atoms with Gasteiger partial charge in [0.2, 0.25) is 11.7 Å². The Bertz CT molecular complexity index is 606. The Kier molecular flexibility index (Phi) is 5.52. The number of aromatic nitrogens is 2. The summed E-state index contributed by atoms with van der Waals surface area (Å²) in [4.78, 5) is 8.69. The van der Waals surface area contributed by atoms with Gasteiger partial charge >= 0.3 is 0 Å². The molecule has 0 aliphatic carbocycles. The van der Waals surface area contributed by atoms with E-state index in [1.165, 1.54) is 0 Å². The minimum atomic E-state index is 0.0535. The molecule has 1 atom stereocenters. The standard InChI is InChI=1S/C16H23N5O/c1-11(2)9-18-16(17)19-10-12(3)15-20-14(21-22-15)13-7-5-4-6-8-13/h4-8,11-12H,9-10H2,1-3H3,(H3,17,18,19). The Morgan fingerprint density at radius 2 is 2.00 bits per heavy atom. The normalized spacial score (nSPS) is 13.4. The SMILES string of the molecule is CC(C)CN=C(N)NCC(C)c1nc(-c2ccccc2)no1. The molecule has 0 saturated carbocycles. The summed E-state index contributed by atoms with van der Waals surface area (Å²) in [7, 11) is 0. The van der Waals surface area contributed by atoms with E-state index in [1.807, 2.05) is 37.3 Å². The van der Waals surface area contributed by atoms with Crippen LogP contribution in [0.5, 0.6) is 0 Å². The van der Waals surface area contributed by atoms with Gasteiger partial charge in [-0.15, -0.1) is 0 Å². The monoisotopic (exact) mass is 301 g/mol. The second-order valence-electron chi connectivity index (χ2n) is 5.72. The molecule has 0 saturated heterocycles. The van der Waals surface area contributed by atoms with E-state index in [4.69, 9.17) is 10.3 Å². The summed E-state index contributed by atoms with van der Waals surface area (Å²) in [5.74, 6) is 2.18. The third kappa shape index (κ3) is 4.58. The Labute approximate surface area is 130 Å². The Morgan fingerprint density at radius 1 is 1.27 bits per heavy atom. The van der Waals surface area contributed by atoms with Crippen LogP contribution in [0.25, 0.3) is 11.4 Å². The van der Waals surface area contributed by atoms with Crippen molar-refractivity contribution in [2.45, 2.75) is 26.7 Å². The van der Waals surface area contributed by atoms with Gasteiger partial charge in [-0.25, -0.2) is 0 Å². The van der Waals surface area contributed by atoms with E-state index in [0.29, 0.717) is 36.7 Å². The van der Waals surface area contributed by atoms with Crippen molar-refractivity contribution in [2.24, 2.45) is 16.6 Å². The molecule has 2 aromatic rings. The maximum atomic E-state index is 5.82. The van der Waals surface area contributed by atoms with Crippen LogP contribution < -0.4 is 11.1 Å². The van der Waals surface area contributed by atoms with Crippen molar-refractivity contribution in [3.63, 3.8) is 0 Å². The maximum absolute atomic E-state index is 5.82. The fourth-order valence-corrected chi connectivity index (χ4v) is 1.82. The molecule has 0 radical (unpaired) electrons. The van der Waals surface area contributed by atoms with E-state index in [9.17, 15) is 0 Å². The predicted molar refractivity (Wildman–Crippen MR) is 87.5 cm³/mol. The number of hydrogen-bond acceptors (Lipinski definition) is 4. The molecule has 1 aromatic heterocycles. The highest BCUT2D eigenvalue weighted by Gasteiger charge is 2.15. The molecule has 1 aromatic carbocycles. The van der Waals surface area contributed by atoms with Gasteiger partial charge in [0.1, 0.15) is 0 Å². The summed E-state index contributed by atoms with van der Waals surface area (Å²) in [6, 6.07) is 9.75. The minimum absolute atomic E-state index is 0.0535. The van der Waals surface area contributed by atoms with Gasteiger partial charge in [-0.3, -0.25) is 4.99 Å². The zero-order chi connectivity index (χ0) is 15.9. The molecular formula is C16H23N5O. The predicted octanol–water partition coefficient (Wildman–Crippen LogP) is 2.40. The van der Waals surface area contributed by atoms with Gasteiger partial charge in [0.25, 0.3) is 0 Å². The molecule has 2 rings (SSSR count). The highest BCUT2D eigenvalue weighted by molar-refractivity contribution is 5.77. The molecule has 0 bridgehead atoms. The van der Waals surface area contributed by atoms with E-state index < -0.39 is 0 Å². The molecular weight excluding hydrogens is 278 g/mol. The number of hydrogen-bond donors (Lipinski definition) is 2. The summed E-state index contributed by atoms with van der Waals surface area (Å²) < 4.78 is 5.33. The second-order valence-corrected chi connectivity index (χ2v) is 5.72. The second kappa shape index (κ2) is 7.59. The van der Waals surface area contributed by atoms with Crippen LogP contribution in [0.15, 0.2) is 39.8 Å². The fraction of sp³-hybridized carbons (Fsp3) is 0.438. The molecule has 3 N–H and O–H groups in total. The lowest BCUT2D eigenvalue weighted by atomic mass is 10.2. The summed E-state index contributed by atoms with van der Waals surface area (Å²) in [6.45, 7) is 7.52.